The Morgan fingerprint density at radius 3 is 2.64 bits per heavy atom. The summed E-state index contributed by atoms with van der Waals surface area (Å²) in [5.74, 6) is 0.452. The number of methoxy groups -OCH3 is 1. The third kappa shape index (κ3) is 4.23. The first-order chi connectivity index (χ1) is 10.6. The summed E-state index contributed by atoms with van der Waals surface area (Å²) in [6.45, 7) is 3.36. The number of esters is 1. The van der Waals surface area contributed by atoms with Crippen LogP contribution in [0.2, 0.25) is 0 Å². The molecule has 0 aromatic heterocycles. The van der Waals surface area contributed by atoms with Gasteiger partial charge in [-0.2, -0.15) is 0 Å². The standard InChI is InChI=1S/C17H23NO4/c1-3-22-17(20)14-5-4-10-18(12-14)16(19)11-13-6-8-15(21-2)9-7-13/h6-9,14H,3-5,10-12H2,1-2H3/t14-/m0/s1. The highest BCUT2D eigenvalue weighted by atomic mass is 16.5. The second kappa shape index (κ2) is 7.82. The summed E-state index contributed by atoms with van der Waals surface area (Å²) in [4.78, 5) is 26.0. The van der Waals surface area contributed by atoms with E-state index in [9.17, 15) is 9.59 Å². The first kappa shape index (κ1) is 16.3. The molecule has 1 heterocycles. The molecule has 0 N–H and O–H groups in total. The van der Waals surface area contributed by atoms with Crippen LogP contribution in [0.4, 0.5) is 0 Å². The molecule has 1 amide bonds. The van der Waals surface area contributed by atoms with E-state index in [0.717, 1.165) is 24.2 Å². The van der Waals surface area contributed by atoms with Gasteiger partial charge in [0.05, 0.1) is 26.1 Å². The molecule has 22 heavy (non-hydrogen) atoms. The van der Waals surface area contributed by atoms with E-state index in [0.29, 0.717) is 26.1 Å². The monoisotopic (exact) mass is 305 g/mol. The van der Waals surface area contributed by atoms with Crippen LogP contribution in [0.5, 0.6) is 5.75 Å². The van der Waals surface area contributed by atoms with E-state index >= 15 is 0 Å². The Morgan fingerprint density at radius 1 is 1.27 bits per heavy atom. The number of rotatable bonds is 5. The molecular weight excluding hydrogens is 282 g/mol. The number of carbonyl (C=O) groups is 2. The predicted octanol–water partition coefficient (Wildman–Crippen LogP) is 2.04. The van der Waals surface area contributed by atoms with Crippen LogP contribution in [0.15, 0.2) is 24.3 Å². The van der Waals surface area contributed by atoms with E-state index in [-0.39, 0.29) is 17.8 Å². The average Bonchev–Trinajstić information content (AvgIpc) is 2.56. The van der Waals surface area contributed by atoms with Crippen LogP contribution in [-0.4, -0.2) is 43.6 Å². The Kier molecular flexibility index (Phi) is 5.81. The van der Waals surface area contributed by atoms with E-state index in [1.165, 1.54) is 0 Å². The van der Waals surface area contributed by atoms with Gasteiger partial charge in [0.15, 0.2) is 0 Å². The van der Waals surface area contributed by atoms with Crippen molar-refractivity contribution in [2.75, 3.05) is 26.8 Å². The van der Waals surface area contributed by atoms with Crippen LogP contribution in [0.25, 0.3) is 0 Å². The fraction of sp³-hybridized carbons (Fsp3) is 0.529. The Hall–Kier alpha value is -2.04. The number of amides is 1. The fourth-order valence-electron chi connectivity index (χ4n) is 2.69. The topological polar surface area (TPSA) is 55.8 Å². The third-order valence-corrected chi connectivity index (χ3v) is 3.91. The molecule has 1 aromatic carbocycles. The number of carbonyl (C=O) groups excluding carboxylic acids is 2. The molecule has 2 rings (SSSR count). The van der Waals surface area contributed by atoms with Crippen molar-refractivity contribution >= 4 is 11.9 Å². The van der Waals surface area contributed by atoms with Crippen molar-refractivity contribution in [2.45, 2.75) is 26.2 Å². The zero-order valence-corrected chi connectivity index (χ0v) is 13.2. The lowest BCUT2D eigenvalue weighted by molar-refractivity contribution is -0.151. The minimum Gasteiger partial charge on any atom is -0.497 e. The molecule has 1 aromatic rings. The van der Waals surface area contributed by atoms with Crippen molar-refractivity contribution in [3.63, 3.8) is 0 Å². The van der Waals surface area contributed by atoms with Gasteiger partial charge in [0.1, 0.15) is 5.75 Å². The molecule has 0 aliphatic carbocycles. The SMILES string of the molecule is CCOC(=O)[C@H]1CCCN(C(=O)Cc2ccc(OC)cc2)C1. The van der Waals surface area contributed by atoms with Gasteiger partial charge in [0.25, 0.3) is 0 Å². The van der Waals surface area contributed by atoms with Crippen LogP contribution in [-0.2, 0) is 20.7 Å². The van der Waals surface area contributed by atoms with Crippen LogP contribution in [0, 0.1) is 5.92 Å². The van der Waals surface area contributed by atoms with Gasteiger partial charge in [-0.3, -0.25) is 9.59 Å². The summed E-state index contributed by atoms with van der Waals surface area (Å²) >= 11 is 0. The van der Waals surface area contributed by atoms with Crippen molar-refractivity contribution in [3.05, 3.63) is 29.8 Å². The highest BCUT2D eigenvalue weighted by Crippen LogP contribution is 2.19. The van der Waals surface area contributed by atoms with Crippen molar-refractivity contribution in [2.24, 2.45) is 5.92 Å². The Bertz CT molecular complexity index is 512. The number of hydrogen-bond donors (Lipinski definition) is 0. The van der Waals surface area contributed by atoms with E-state index in [4.69, 9.17) is 9.47 Å². The van der Waals surface area contributed by atoms with Crippen LogP contribution < -0.4 is 4.74 Å². The average molecular weight is 305 g/mol. The molecule has 0 unspecified atom stereocenters. The zero-order valence-electron chi connectivity index (χ0n) is 13.2. The first-order valence-electron chi connectivity index (χ1n) is 7.71. The van der Waals surface area contributed by atoms with E-state index in [2.05, 4.69) is 0 Å². The number of piperidine rings is 1. The molecule has 0 radical (unpaired) electrons. The summed E-state index contributed by atoms with van der Waals surface area (Å²) in [6.07, 6.45) is 1.99. The summed E-state index contributed by atoms with van der Waals surface area (Å²) in [5, 5.41) is 0. The normalized spacial score (nSPS) is 17.9. The predicted molar refractivity (Wildman–Crippen MR) is 82.6 cm³/mol. The second-order valence-electron chi connectivity index (χ2n) is 5.46. The van der Waals surface area contributed by atoms with Crippen molar-refractivity contribution in [3.8, 4) is 5.75 Å². The number of benzene rings is 1. The van der Waals surface area contributed by atoms with E-state index < -0.39 is 0 Å². The summed E-state index contributed by atoms with van der Waals surface area (Å²) in [5.41, 5.74) is 0.948. The molecule has 1 saturated heterocycles. The minimum atomic E-state index is -0.190. The molecule has 5 nitrogen and oxygen atoms in total. The number of hydrogen-bond acceptors (Lipinski definition) is 4. The van der Waals surface area contributed by atoms with E-state index in [1.807, 2.05) is 24.3 Å². The summed E-state index contributed by atoms with van der Waals surface area (Å²) in [7, 11) is 1.61. The minimum absolute atomic E-state index is 0.0548. The van der Waals surface area contributed by atoms with Gasteiger partial charge in [-0.1, -0.05) is 12.1 Å². The molecule has 5 heteroatoms. The highest BCUT2D eigenvalue weighted by Gasteiger charge is 2.29. The lowest BCUT2D eigenvalue weighted by Gasteiger charge is -2.31. The molecule has 0 spiro atoms. The van der Waals surface area contributed by atoms with Gasteiger partial charge in [0.2, 0.25) is 5.91 Å². The van der Waals surface area contributed by atoms with Crippen molar-refractivity contribution < 1.29 is 19.1 Å². The molecule has 120 valence electrons. The first-order valence-corrected chi connectivity index (χ1v) is 7.71. The van der Waals surface area contributed by atoms with Gasteiger partial charge in [-0.15, -0.1) is 0 Å². The van der Waals surface area contributed by atoms with E-state index in [1.54, 1.807) is 18.9 Å². The number of nitrogens with zero attached hydrogens (tertiary/aromatic N) is 1. The number of likely N-dealkylation sites (tertiary alicyclic amines) is 1. The fourth-order valence-corrected chi connectivity index (χ4v) is 2.69. The maximum atomic E-state index is 12.4. The quantitative estimate of drug-likeness (QED) is 0.781. The Labute approximate surface area is 131 Å². The molecule has 1 aliphatic rings. The van der Waals surface area contributed by atoms with Crippen molar-refractivity contribution in [1.29, 1.82) is 0 Å². The molecule has 0 bridgehead atoms. The molecule has 1 atom stereocenters. The van der Waals surface area contributed by atoms with Gasteiger partial charge >= 0.3 is 5.97 Å². The largest absolute Gasteiger partial charge is 0.497 e. The zero-order chi connectivity index (χ0) is 15.9. The Balaban J connectivity index is 1.92. The van der Waals surface area contributed by atoms with Crippen molar-refractivity contribution in [1.82, 2.24) is 4.90 Å². The highest BCUT2D eigenvalue weighted by molar-refractivity contribution is 5.80. The number of ether oxygens (including phenoxy) is 2. The summed E-state index contributed by atoms with van der Waals surface area (Å²) < 4.78 is 10.2. The smallest absolute Gasteiger partial charge is 0.310 e. The van der Waals surface area contributed by atoms with Crippen LogP contribution in [0.3, 0.4) is 0 Å². The lowest BCUT2D eigenvalue weighted by atomic mass is 9.97. The van der Waals surface area contributed by atoms with Crippen LogP contribution in [0.1, 0.15) is 25.3 Å². The van der Waals surface area contributed by atoms with Gasteiger partial charge < -0.3 is 14.4 Å². The lowest BCUT2D eigenvalue weighted by Crippen LogP contribution is -2.43. The van der Waals surface area contributed by atoms with Crippen LogP contribution >= 0.6 is 0 Å². The van der Waals surface area contributed by atoms with Gasteiger partial charge in [-0.05, 0) is 37.5 Å². The third-order valence-electron chi connectivity index (χ3n) is 3.91. The summed E-state index contributed by atoms with van der Waals surface area (Å²) in [6, 6.07) is 7.48. The molecule has 1 fully saturated rings. The molecule has 0 saturated carbocycles. The van der Waals surface area contributed by atoms with Gasteiger partial charge in [-0.25, -0.2) is 0 Å². The maximum absolute atomic E-state index is 12.4. The molecular formula is C17H23NO4. The molecule has 1 aliphatic heterocycles. The second-order valence-corrected chi connectivity index (χ2v) is 5.46. The van der Waals surface area contributed by atoms with Gasteiger partial charge in [0, 0.05) is 13.1 Å². The Morgan fingerprint density at radius 2 is 2.00 bits per heavy atom. The maximum Gasteiger partial charge on any atom is 0.310 e.